The first-order chi connectivity index (χ1) is 8.06. The van der Waals surface area contributed by atoms with Gasteiger partial charge in [0.2, 0.25) is 0 Å². The summed E-state index contributed by atoms with van der Waals surface area (Å²) >= 11 is 0. The molecule has 2 aromatic rings. The molecule has 2 rings (SSSR count). The van der Waals surface area contributed by atoms with Crippen molar-refractivity contribution < 1.29 is 4.57 Å². The lowest BCUT2D eigenvalue weighted by Crippen LogP contribution is -2.40. The van der Waals surface area contributed by atoms with Gasteiger partial charge in [-0.25, -0.2) is 0 Å². The highest BCUT2D eigenvalue weighted by Crippen LogP contribution is 2.06. The number of aromatic nitrogens is 1. The molecule has 1 heteroatoms. The molecule has 0 aliphatic rings. The van der Waals surface area contributed by atoms with Gasteiger partial charge in [-0.3, -0.25) is 0 Å². The summed E-state index contributed by atoms with van der Waals surface area (Å²) in [6.45, 7) is 9.58. The van der Waals surface area contributed by atoms with E-state index in [2.05, 4.69) is 68.7 Å². The van der Waals surface area contributed by atoms with Gasteiger partial charge in [-0.1, -0.05) is 29.8 Å². The van der Waals surface area contributed by atoms with Gasteiger partial charge in [0, 0.05) is 31.5 Å². The number of rotatable bonds is 2. The lowest BCUT2D eigenvalue weighted by molar-refractivity contribution is -0.700. The zero-order valence-electron chi connectivity index (χ0n) is 11.1. The summed E-state index contributed by atoms with van der Waals surface area (Å²) in [4.78, 5) is 0. The molecule has 1 nitrogen and oxygen atoms in total. The maximum Gasteiger partial charge on any atom is 0.179 e. The van der Waals surface area contributed by atoms with Crippen LogP contribution in [0.25, 0.3) is 0 Å². The summed E-state index contributed by atoms with van der Waals surface area (Å²) in [5.74, 6) is 0. The van der Waals surface area contributed by atoms with Crippen molar-refractivity contribution in [3.8, 4) is 0 Å². The zero-order valence-corrected chi connectivity index (χ0v) is 11.1. The Hall–Kier alpha value is -1.63. The van der Waals surface area contributed by atoms with Crippen LogP contribution in [0, 0.1) is 27.7 Å². The van der Waals surface area contributed by atoms with Gasteiger partial charge < -0.3 is 0 Å². The van der Waals surface area contributed by atoms with E-state index in [1.165, 1.54) is 28.1 Å². The van der Waals surface area contributed by atoms with Gasteiger partial charge in [0.1, 0.15) is 0 Å². The first-order valence-electron chi connectivity index (χ1n) is 6.09. The lowest BCUT2D eigenvalue weighted by Gasteiger charge is -2.06. The van der Waals surface area contributed by atoms with E-state index in [0.29, 0.717) is 0 Å². The number of pyridine rings is 1. The van der Waals surface area contributed by atoms with Gasteiger partial charge >= 0.3 is 0 Å². The fourth-order valence-corrected chi connectivity index (χ4v) is 2.26. The molecule has 0 bridgehead atoms. The Morgan fingerprint density at radius 2 is 1.29 bits per heavy atom. The molecular weight excluding hydrogens is 206 g/mol. The number of aryl methyl sites for hydroxylation is 4. The van der Waals surface area contributed by atoms with E-state index in [1.54, 1.807) is 0 Å². The van der Waals surface area contributed by atoms with Gasteiger partial charge in [0.15, 0.2) is 17.9 Å². The molecule has 0 saturated heterocycles. The second-order valence-corrected chi connectivity index (χ2v) is 4.89. The molecule has 1 heterocycles. The van der Waals surface area contributed by atoms with Crippen molar-refractivity contribution in [3.63, 3.8) is 0 Å². The van der Waals surface area contributed by atoms with Crippen molar-refractivity contribution in [3.05, 3.63) is 64.5 Å². The topological polar surface area (TPSA) is 3.88 Å². The van der Waals surface area contributed by atoms with Crippen molar-refractivity contribution in [2.45, 2.75) is 34.2 Å². The minimum absolute atomic E-state index is 0.957. The number of nitrogens with zero attached hydrogens (tertiary/aromatic N) is 1. The van der Waals surface area contributed by atoms with E-state index in [1.807, 2.05) is 0 Å². The molecular formula is C16H20N+. The summed E-state index contributed by atoms with van der Waals surface area (Å²) in [5, 5.41) is 0. The van der Waals surface area contributed by atoms with Crippen LogP contribution in [-0.2, 0) is 6.54 Å². The van der Waals surface area contributed by atoms with E-state index in [0.717, 1.165) is 6.54 Å². The summed E-state index contributed by atoms with van der Waals surface area (Å²) in [6.07, 6.45) is 0. The summed E-state index contributed by atoms with van der Waals surface area (Å²) in [6, 6.07) is 13.2. The Labute approximate surface area is 104 Å². The first kappa shape index (κ1) is 11.8. The molecule has 0 fully saturated rings. The van der Waals surface area contributed by atoms with Gasteiger partial charge in [0.25, 0.3) is 0 Å². The standard InChI is InChI=1S/C16H20N/c1-12-5-7-16(8-6-12)11-17-14(3)9-13(2)10-15(17)4/h5-10H,11H2,1-4H3/q+1. The molecule has 0 amide bonds. The fraction of sp³-hybridized carbons (Fsp3) is 0.312. The third-order valence-electron chi connectivity index (χ3n) is 3.19. The highest BCUT2D eigenvalue weighted by molar-refractivity contribution is 5.21. The van der Waals surface area contributed by atoms with Crippen molar-refractivity contribution in [1.82, 2.24) is 0 Å². The molecule has 0 atom stereocenters. The monoisotopic (exact) mass is 226 g/mol. The largest absolute Gasteiger partial charge is 0.196 e. The quantitative estimate of drug-likeness (QED) is 0.692. The van der Waals surface area contributed by atoms with E-state index in [9.17, 15) is 0 Å². The highest BCUT2D eigenvalue weighted by atomic mass is 15.0. The van der Waals surface area contributed by atoms with E-state index in [-0.39, 0.29) is 0 Å². The lowest BCUT2D eigenvalue weighted by atomic mass is 10.1. The molecule has 17 heavy (non-hydrogen) atoms. The molecule has 0 aliphatic carbocycles. The van der Waals surface area contributed by atoms with Crippen LogP contribution in [0.4, 0.5) is 0 Å². The van der Waals surface area contributed by atoms with Gasteiger partial charge in [-0.15, -0.1) is 0 Å². The molecule has 0 saturated carbocycles. The van der Waals surface area contributed by atoms with Gasteiger partial charge in [0.05, 0.1) is 0 Å². The van der Waals surface area contributed by atoms with Crippen molar-refractivity contribution in [2.75, 3.05) is 0 Å². The second-order valence-electron chi connectivity index (χ2n) is 4.89. The second kappa shape index (κ2) is 4.70. The summed E-state index contributed by atoms with van der Waals surface area (Å²) in [7, 11) is 0. The average Bonchev–Trinajstić information content (AvgIpc) is 2.26. The maximum absolute atomic E-state index is 2.36. The van der Waals surface area contributed by atoms with E-state index >= 15 is 0 Å². The number of hydrogen-bond acceptors (Lipinski definition) is 0. The smallest absolute Gasteiger partial charge is 0.179 e. The fourth-order valence-electron chi connectivity index (χ4n) is 2.26. The molecule has 0 aliphatic heterocycles. The summed E-state index contributed by atoms with van der Waals surface area (Å²) in [5.41, 5.74) is 6.65. The van der Waals surface area contributed by atoms with E-state index < -0.39 is 0 Å². The Morgan fingerprint density at radius 1 is 0.765 bits per heavy atom. The van der Waals surface area contributed by atoms with Crippen LogP contribution in [0.1, 0.15) is 28.1 Å². The van der Waals surface area contributed by atoms with Crippen LogP contribution < -0.4 is 4.57 Å². The van der Waals surface area contributed by atoms with Crippen LogP contribution in [0.2, 0.25) is 0 Å². The highest BCUT2D eigenvalue weighted by Gasteiger charge is 2.11. The Balaban J connectivity index is 2.33. The van der Waals surface area contributed by atoms with Crippen LogP contribution in [-0.4, -0.2) is 0 Å². The number of benzene rings is 1. The predicted molar refractivity (Wildman–Crippen MR) is 71.1 cm³/mol. The van der Waals surface area contributed by atoms with Crippen LogP contribution >= 0.6 is 0 Å². The molecule has 1 aromatic carbocycles. The molecule has 88 valence electrons. The van der Waals surface area contributed by atoms with Crippen molar-refractivity contribution in [1.29, 1.82) is 0 Å². The SMILES string of the molecule is Cc1ccc(C[n+]2c(C)cc(C)cc2C)cc1. The minimum Gasteiger partial charge on any atom is -0.196 e. The Morgan fingerprint density at radius 3 is 1.82 bits per heavy atom. The first-order valence-corrected chi connectivity index (χ1v) is 6.09. The predicted octanol–water partition coefficient (Wildman–Crippen LogP) is 3.26. The van der Waals surface area contributed by atoms with Gasteiger partial charge in [-0.05, 0) is 19.4 Å². The third-order valence-corrected chi connectivity index (χ3v) is 3.19. The molecule has 0 spiro atoms. The number of hydrogen-bond donors (Lipinski definition) is 0. The third kappa shape index (κ3) is 2.73. The van der Waals surface area contributed by atoms with Gasteiger partial charge in [-0.2, -0.15) is 4.57 Å². The molecule has 0 N–H and O–H groups in total. The zero-order chi connectivity index (χ0) is 12.4. The van der Waals surface area contributed by atoms with Crippen LogP contribution in [0.3, 0.4) is 0 Å². The molecule has 1 aromatic heterocycles. The van der Waals surface area contributed by atoms with Crippen molar-refractivity contribution in [2.24, 2.45) is 0 Å². The Kier molecular flexibility index (Phi) is 3.28. The molecule has 0 unspecified atom stereocenters. The minimum atomic E-state index is 0.957. The normalized spacial score (nSPS) is 10.6. The Bertz CT molecular complexity index is 501. The maximum atomic E-state index is 2.36. The summed E-state index contributed by atoms with van der Waals surface area (Å²) < 4.78 is 2.36. The molecule has 0 radical (unpaired) electrons. The van der Waals surface area contributed by atoms with Crippen molar-refractivity contribution >= 4 is 0 Å². The van der Waals surface area contributed by atoms with Crippen LogP contribution in [0.5, 0.6) is 0 Å². The van der Waals surface area contributed by atoms with Crippen LogP contribution in [0.15, 0.2) is 36.4 Å². The van der Waals surface area contributed by atoms with E-state index in [4.69, 9.17) is 0 Å². The average molecular weight is 226 g/mol.